The van der Waals surface area contributed by atoms with Crippen LogP contribution in [-0.2, 0) is 17.8 Å². The molecule has 2 rings (SSSR count). The van der Waals surface area contributed by atoms with Gasteiger partial charge in [0.2, 0.25) is 0 Å². The van der Waals surface area contributed by atoms with Gasteiger partial charge in [-0.2, -0.15) is 0 Å². The Morgan fingerprint density at radius 1 is 1.13 bits per heavy atom. The van der Waals surface area contributed by atoms with Gasteiger partial charge in [-0.15, -0.1) is 0 Å². The molecule has 2 aromatic rings. The van der Waals surface area contributed by atoms with Crippen LogP contribution in [0.4, 0.5) is 10.5 Å². The Balaban J connectivity index is 1.80. The van der Waals surface area contributed by atoms with Gasteiger partial charge in [0.1, 0.15) is 11.4 Å². The molecule has 5 nitrogen and oxygen atoms in total. The topological polar surface area (TPSA) is 63.5 Å². The summed E-state index contributed by atoms with van der Waals surface area (Å²) in [6, 6.07) is 9.61. The predicted molar refractivity (Wildman–Crippen MR) is 90.3 cm³/mol. The Bertz CT molecular complexity index is 639. The van der Waals surface area contributed by atoms with E-state index in [4.69, 9.17) is 9.15 Å². The predicted octanol–water partition coefficient (Wildman–Crippen LogP) is 4.22. The normalized spacial score (nSPS) is 11.3. The summed E-state index contributed by atoms with van der Waals surface area (Å²) in [7, 11) is 0. The van der Waals surface area contributed by atoms with Crippen LogP contribution in [0.2, 0.25) is 0 Å². The molecule has 0 radical (unpaired) electrons. The van der Waals surface area contributed by atoms with Crippen molar-refractivity contribution in [3.05, 3.63) is 53.5 Å². The summed E-state index contributed by atoms with van der Waals surface area (Å²) in [5, 5.41) is 6.05. The molecule has 0 spiro atoms. The van der Waals surface area contributed by atoms with Gasteiger partial charge in [0.05, 0.1) is 12.8 Å². The van der Waals surface area contributed by atoms with Crippen LogP contribution in [0, 0.1) is 6.92 Å². The molecule has 5 heteroatoms. The Morgan fingerprint density at radius 3 is 2.39 bits per heavy atom. The van der Waals surface area contributed by atoms with Crippen molar-refractivity contribution in [1.29, 1.82) is 0 Å². The second-order valence-corrected chi connectivity index (χ2v) is 6.45. The van der Waals surface area contributed by atoms with Crippen molar-refractivity contribution in [3.63, 3.8) is 0 Å². The number of hydrogen-bond acceptors (Lipinski definition) is 4. The molecule has 0 aliphatic carbocycles. The van der Waals surface area contributed by atoms with E-state index in [0.29, 0.717) is 12.2 Å². The van der Waals surface area contributed by atoms with Crippen molar-refractivity contribution < 1.29 is 13.9 Å². The molecule has 124 valence electrons. The first-order valence-corrected chi connectivity index (χ1v) is 7.66. The lowest BCUT2D eigenvalue weighted by atomic mass is 10.2. The first-order valence-electron chi connectivity index (χ1n) is 7.66. The number of rotatable bonds is 5. The molecule has 0 saturated heterocycles. The zero-order chi connectivity index (χ0) is 16.9. The highest BCUT2D eigenvalue weighted by molar-refractivity contribution is 5.84. The minimum atomic E-state index is -0.502. The van der Waals surface area contributed by atoms with E-state index in [0.717, 1.165) is 23.4 Å². The van der Waals surface area contributed by atoms with E-state index in [2.05, 4.69) is 10.6 Å². The molecule has 1 amide bonds. The summed E-state index contributed by atoms with van der Waals surface area (Å²) in [6.45, 7) is 8.95. The summed E-state index contributed by atoms with van der Waals surface area (Å²) < 4.78 is 10.6. The van der Waals surface area contributed by atoms with E-state index in [1.54, 1.807) is 6.26 Å². The smallest absolute Gasteiger partial charge is 0.412 e. The van der Waals surface area contributed by atoms with E-state index >= 15 is 0 Å². The number of amides is 1. The summed E-state index contributed by atoms with van der Waals surface area (Å²) in [5.74, 6) is 0.952. The fourth-order valence-electron chi connectivity index (χ4n) is 2.03. The van der Waals surface area contributed by atoms with Crippen LogP contribution in [0.3, 0.4) is 0 Å². The van der Waals surface area contributed by atoms with Crippen LogP contribution in [0.1, 0.15) is 37.7 Å². The van der Waals surface area contributed by atoms with Crippen molar-refractivity contribution in [3.8, 4) is 0 Å². The zero-order valence-corrected chi connectivity index (χ0v) is 14.1. The molecule has 0 bridgehead atoms. The van der Waals surface area contributed by atoms with Gasteiger partial charge >= 0.3 is 6.09 Å². The molecule has 0 fully saturated rings. The summed E-state index contributed by atoms with van der Waals surface area (Å²) >= 11 is 0. The SMILES string of the molecule is Cc1ccoc1CNCc1ccc(NC(=O)OC(C)(C)C)cc1. The average Bonchev–Trinajstić information content (AvgIpc) is 2.84. The van der Waals surface area contributed by atoms with Gasteiger partial charge in [0.15, 0.2) is 0 Å². The van der Waals surface area contributed by atoms with Gasteiger partial charge in [-0.3, -0.25) is 5.32 Å². The van der Waals surface area contributed by atoms with Crippen LogP contribution in [0.15, 0.2) is 41.0 Å². The van der Waals surface area contributed by atoms with Crippen LogP contribution in [0.25, 0.3) is 0 Å². The van der Waals surface area contributed by atoms with Crippen molar-refractivity contribution >= 4 is 11.8 Å². The fourth-order valence-corrected chi connectivity index (χ4v) is 2.03. The molecular weight excluding hydrogens is 292 g/mol. The maximum Gasteiger partial charge on any atom is 0.412 e. The molecule has 1 aromatic heterocycles. The quantitative estimate of drug-likeness (QED) is 0.866. The number of anilines is 1. The van der Waals surface area contributed by atoms with E-state index in [9.17, 15) is 4.79 Å². The molecule has 0 unspecified atom stereocenters. The van der Waals surface area contributed by atoms with Crippen LogP contribution in [0.5, 0.6) is 0 Å². The average molecular weight is 316 g/mol. The number of aryl methyl sites for hydroxylation is 1. The maximum absolute atomic E-state index is 11.7. The van der Waals surface area contributed by atoms with E-state index in [-0.39, 0.29) is 0 Å². The van der Waals surface area contributed by atoms with E-state index in [1.807, 2.05) is 58.0 Å². The fraction of sp³-hybridized carbons (Fsp3) is 0.389. The lowest BCUT2D eigenvalue weighted by Gasteiger charge is -2.19. The van der Waals surface area contributed by atoms with Gasteiger partial charge < -0.3 is 14.5 Å². The first kappa shape index (κ1) is 17.1. The summed E-state index contributed by atoms with van der Waals surface area (Å²) in [6.07, 6.45) is 1.25. The largest absolute Gasteiger partial charge is 0.468 e. The van der Waals surface area contributed by atoms with Gasteiger partial charge in [0, 0.05) is 12.2 Å². The highest BCUT2D eigenvalue weighted by Crippen LogP contribution is 2.13. The molecule has 0 aliphatic rings. The first-order chi connectivity index (χ1) is 10.8. The monoisotopic (exact) mass is 316 g/mol. The second-order valence-electron chi connectivity index (χ2n) is 6.45. The van der Waals surface area contributed by atoms with Crippen molar-refractivity contribution in [2.45, 2.75) is 46.4 Å². The van der Waals surface area contributed by atoms with Gasteiger partial charge in [0.25, 0.3) is 0 Å². The van der Waals surface area contributed by atoms with Crippen LogP contribution >= 0.6 is 0 Å². The number of nitrogens with one attached hydrogen (secondary N) is 2. The Hall–Kier alpha value is -2.27. The standard InChI is InChI=1S/C18H24N2O3/c1-13-9-10-22-16(13)12-19-11-14-5-7-15(8-6-14)20-17(21)23-18(2,3)4/h5-10,19H,11-12H2,1-4H3,(H,20,21). The van der Waals surface area contributed by atoms with Crippen molar-refractivity contribution in [1.82, 2.24) is 5.32 Å². The maximum atomic E-state index is 11.7. The highest BCUT2D eigenvalue weighted by atomic mass is 16.6. The summed E-state index contributed by atoms with van der Waals surface area (Å²) in [4.78, 5) is 11.7. The Labute approximate surface area is 137 Å². The number of carbonyl (C=O) groups excluding carboxylic acids is 1. The molecule has 2 N–H and O–H groups in total. The molecule has 0 aliphatic heterocycles. The van der Waals surface area contributed by atoms with Crippen LogP contribution < -0.4 is 10.6 Å². The third kappa shape index (κ3) is 5.79. The third-order valence-corrected chi connectivity index (χ3v) is 3.18. The van der Waals surface area contributed by atoms with Gasteiger partial charge in [-0.25, -0.2) is 4.79 Å². The lowest BCUT2D eigenvalue weighted by Crippen LogP contribution is -2.27. The lowest BCUT2D eigenvalue weighted by molar-refractivity contribution is 0.0636. The van der Waals surface area contributed by atoms with E-state index in [1.165, 1.54) is 0 Å². The number of furan rings is 1. The second kappa shape index (κ2) is 7.33. The summed E-state index contributed by atoms with van der Waals surface area (Å²) in [5.41, 5.74) is 2.49. The number of carbonyl (C=O) groups is 1. The molecule has 23 heavy (non-hydrogen) atoms. The number of ether oxygens (including phenoxy) is 1. The molecule has 1 aromatic carbocycles. The van der Waals surface area contributed by atoms with Crippen LogP contribution in [-0.4, -0.2) is 11.7 Å². The number of benzene rings is 1. The van der Waals surface area contributed by atoms with Gasteiger partial charge in [-0.1, -0.05) is 12.1 Å². The minimum Gasteiger partial charge on any atom is -0.468 e. The molecular formula is C18H24N2O3. The minimum absolute atomic E-state index is 0.448. The highest BCUT2D eigenvalue weighted by Gasteiger charge is 2.16. The molecule has 0 atom stereocenters. The van der Waals surface area contributed by atoms with E-state index < -0.39 is 11.7 Å². The third-order valence-electron chi connectivity index (χ3n) is 3.18. The molecule has 0 saturated carbocycles. The zero-order valence-electron chi connectivity index (χ0n) is 14.1. The van der Waals surface area contributed by atoms with Crippen molar-refractivity contribution in [2.75, 3.05) is 5.32 Å². The number of hydrogen-bond donors (Lipinski definition) is 2. The Morgan fingerprint density at radius 2 is 1.83 bits per heavy atom. The van der Waals surface area contributed by atoms with Crippen molar-refractivity contribution in [2.24, 2.45) is 0 Å². The Kier molecular flexibility index (Phi) is 5.45. The van der Waals surface area contributed by atoms with Gasteiger partial charge in [-0.05, 0) is 57.0 Å². The molecule has 1 heterocycles.